The van der Waals surface area contributed by atoms with Gasteiger partial charge in [0.15, 0.2) is 17.1 Å². The number of likely N-dealkylation sites (tertiary alicyclic amines) is 1. The molecule has 1 aliphatic rings. The van der Waals surface area contributed by atoms with Crippen molar-refractivity contribution in [2.75, 3.05) is 20.2 Å². The van der Waals surface area contributed by atoms with Crippen LogP contribution in [0.15, 0.2) is 53.2 Å². The number of nitrogens with zero attached hydrogens (tertiary/aromatic N) is 7. The first kappa shape index (κ1) is 24.0. The molecule has 0 saturated carbocycles. The van der Waals surface area contributed by atoms with Gasteiger partial charge in [0.25, 0.3) is 5.91 Å². The number of carbonyl (C=O) groups is 1. The van der Waals surface area contributed by atoms with Gasteiger partial charge in [-0.2, -0.15) is 4.52 Å². The second-order valence-corrected chi connectivity index (χ2v) is 9.52. The largest absolute Gasteiger partial charge is 0.470 e. The average molecular weight is 514 g/mol. The quantitative estimate of drug-likeness (QED) is 0.319. The van der Waals surface area contributed by atoms with Crippen LogP contribution in [-0.4, -0.2) is 61.0 Å². The molecule has 0 radical (unpaired) electrons. The van der Waals surface area contributed by atoms with Gasteiger partial charge in [-0.15, -0.1) is 15.3 Å². The number of ether oxygens (including phenoxy) is 2. The Kier molecular flexibility index (Phi) is 6.42. The van der Waals surface area contributed by atoms with Crippen molar-refractivity contribution in [2.45, 2.75) is 33.0 Å². The molecule has 11 nitrogen and oxygen atoms in total. The summed E-state index contributed by atoms with van der Waals surface area (Å²) in [6.45, 7) is 4.28. The summed E-state index contributed by atoms with van der Waals surface area (Å²) < 4.78 is 18.2. The van der Waals surface area contributed by atoms with Crippen molar-refractivity contribution in [1.29, 1.82) is 0 Å². The Morgan fingerprint density at radius 3 is 2.66 bits per heavy atom. The Morgan fingerprint density at radius 2 is 1.89 bits per heavy atom. The van der Waals surface area contributed by atoms with Crippen LogP contribution in [0.2, 0.25) is 0 Å². The molecule has 0 unspecified atom stereocenters. The van der Waals surface area contributed by atoms with Gasteiger partial charge in [-0.1, -0.05) is 30.3 Å². The summed E-state index contributed by atoms with van der Waals surface area (Å²) in [4.78, 5) is 19.2. The monoisotopic (exact) mass is 513 g/mol. The molecule has 4 aromatic heterocycles. The molecule has 1 amide bonds. The molecular weight excluding hydrogens is 486 g/mol. The number of hydrogen-bond donors (Lipinski definition) is 0. The highest BCUT2D eigenvalue weighted by Crippen LogP contribution is 2.29. The van der Waals surface area contributed by atoms with Gasteiger partial charge >= 0.3 is 0 Å². The van der Waals surface area contributed by atoms with E-state index in [9.17, 15) is 4.79 Å². The zero-order chi connectivity index (χ0) is 26.1. The molecule has 0 aliphatic carbocycles. The zero-order valence-electron chi connectivity index (χ0n) is 21.2. The third kappa shape index (κ3) is 4.56. The summed E-state index contributed by atoms with van der Waals surface area (Å²) in [5, 5.41) is 19.1. The van der Waals surface area contributed by atoms with Crippen LogP contribution >= 0.6 is 0 Å². The first-order valence-electron chi connectivity index (χ1n) is 12.6. The third-order valence-electron chi connectivity index (χ3n) is 6.80. The number of benzene rings is 1. The van der Waals surface area contributed by atoms with E-state index in [0.29, 0.717) is 52.6 Å². The SMILES string of the molecule is COCc1cc(-c2nnc3c4ccccc4c(OCc4ccc(C(=O)N5CCC(C)CC5)cn4)nn23)no1. The minimum atomic E-state index is 0.0247. The lowest BCUT2D eigenvalue weighted by molar-refractivity contribution is 0.0696. The molecule has 194 valence electrons. The number of fused-ring (bicyclic) bond motifs is 3. The maximum absolute atomic E-state index is 12.8. The smallest absolute Gasteiger partial charge is 0.255 e. The number of rotatable bonds is 7. The van der Waals surface area contributed by atoms with E-state index in [0.717, 1.165) is 36.7 Å². The summed E-state index contributed by atoms with van der Waals surface area (Å²) >= 11 is 0. The van der Waals surface area contributed by atoms with Crippen LogP contribution in [0, 0.1) is 5.92 Å². The summed E-state index contributed by atoms with van der Waals surface area (Å²) in [5.74, 6) is 2.09. The van der Waals surface area contributed by atoms with E-state index in [2.05, 4.69) is 27.3 Å². The van der Waals surface area contributed by atoms with Gasteiger partial charge in [0, 0.05) is 43.2 Å². The van der Waals surface area contributed by atoms with Crippen molar-refractivity contribution in [3.8, 4) is 17.4 Å². The second-order valence-electron chi connectivity index (χ2n) is 9.52. The molecule has 11 heteroatoms. The maximum Gasteiger partial charge on any atom is 0.255 e. The number of pyridine rings is 1. The van der Waals surface area contributed by atoms with E-state index in [-0.39, 0.29) is 12.5 Å². The first-order valence-corrected chi connectivity index (χ1v) is 12.6. The minimum absolute atomic E-state index is 0.0247. The predicted octanol–water partition coefficient (Wildman–Crippen LogP) is 3.93. The number of piperidine rings is 1. The van der Waals surface area contributed by atoms with Gasteiger partial charge in [-0.3, -0.25) is 9.78 Å². The molecule has 5 aromatic rings. The van der Waals surface area contributed by atoms with Gasteiger partial charge in [-0.25, -0.2) is 0 Å². The Morgan fingerprint density at radius 1 is 1.08 bits per heavy atom. The summed E-state index contributed by atoms with van der Waals surface area (Å²) in [5.41, 5.74) is 2.34. The van der Waals surface area contributed by atoms with Gasteiger partial charge in [0.05, 0.1) is 11.3 Å². The predicted molar refractivity (Wildman–Crippen MR) is 137 cm³/mol. The van der Waals surface area contributed by atoms with Crippen LogP contribution in [0.3, 0.4) is 0 Å². The molecule has 0 bridgehead atoms. The fourth-order valence-corrected chi connectivity index (χ4v) is 4.62. The number of aromatic nitrogens is 6. The standard InChI is InChI=1S/C27H27N7O4/c1-17-9-11-33(12-10-17)27(35)18-7-8-19(28-14-18)15-37-26-22-6-4-3-5-21(22)24-29-30-25(34(24)31-26)23-13-20(16-36-2)38-32-23/h3-8,13-14,17H,9-12,15-16H2,1-2H3. The van der Waals surface area contributed by atoms with E-state index in [4.69, 9.17) is 19.1 Å². The Hall–Kier alpha value is -4.38. The highest BCUT2D eigenvalue weighted by Gasteiger charge is 2.22. The summed E-state index contributed by atoms with van der Waals surface area (Å²) in [7, 11) is 1.58. The van der Waals surface area contributed by atoms with E-state index in [1.807, 2.05) is 35.2 Å². The highest BCUT2D eigenvalue weighted by atomic mass is 16.5. The molecule has 0 N–H and O–H groups in total. The van der Waals surface area contributed by atoms with Gasteiger partial charge in [-0.05, 0) is 37.0 Å². The van der Waals surface area contributed by atoms with Gasteiger partial charge in [0.2, 0.25) is 11.7 Å². The molecule has 1 aromatic carbocycles. The normalized spacial score (nSPS) is 14.4. The van der Waals surface area contributed by atoms with Gasteiger partial charge < -0.3 is 18.9 Å². The van der Waals surface area contributed by atoms with Crippen LogP contribution in [0.25, 0.3) is 27.9 Å². The van der Waals surface area contributed by atoms with Crippen molar-refractivity contribution < 1.29 is 18.8 Å². The lowest BCUT2D eigenvalue weighted by atomic mass is 9.99. The molecule has 1 aliphatic heterocycles. The zero-order valence-corrected chi connectivity index (χ0v) is 21.2. The van der Waals surface area contributed by atoms with Crippen molar-refractivity contribution in [1.82, 2.24) is 34.9 Å². The molecule has 1 saturated heterocycles. The minimum Gasteiger partial charge on any atom is -0.470 e. The summed E-state index contributed by atoms with van der Waals surface area (Å²) in [6.07, 6.45) is 3.69. The van der Waals surface area contributed by atoms with E-state index >= 15 is 0 Å². The Balaban J connectivity index is 1.25. The molecule has 38 heavy (non-hydrogen) atoms. The van der Waals surface area contributed by atoms with Crippen LogP contribution < -0.4 is 4.74 Å². The Bertz CT molecular complexity index is 1590. The lowest BCUT2D eigenvalue weighted by Gasteiger charge is -2.30. The third-order valence-corrected chi connectivity index (χ3v) is 6.80. The van der Waals surface area contributed by atoms with Crippen LogP contribution in [-0.2, 0) is 18.0 Å². The van der Waals surface area contributed by atoms with Crippen molar-refractivity contribution in [3.63, 3.8) is 0 Å². The van der Waals surface area contributed by atoms with Crippen molar-refractivity contribution >= 4 is 22.3 Å². The van der Waals surface area contributed by atoms with Gasteiger partial charge in [0.1, 0.15) is 13.2 Å². The first-order chi connectivity index (χ1) is 18.6. The number of hydrogen-bond acceptors (Lipinski definition) is 9. The van der Waals surface area contributed by atoms with Crippen molar-refractivity contribution in [3.05, 3.63) is 65.7 Å². The summed E-state index contributed by atoms with van der Waals surface area (Å²) in [6, 6.07) is 13.1. The topological polar surface area (TPSA) is 121 Å². The van der Waals surface area contributed by atoms with Crippen LogP contribution in [0.1, 0.15) is 41.6 Å². The molecule has 0 atom stereocenters. The van der Waals surface area contributed by atoms with Crippen LogP contribution in [0.4, 0.5) is 0 Å². The maximum atomic E-state index is 12.8. The van der Waals surface area contributed by atoms with Crippen LogP contribution in [0.5, 0.6) is 5.88 Å². The average Bonchev–Trinajstić information content (AvgIpc) is 3.59. The fraction of sp³-hybridized carbons (Fsp3) is 0.333. The fourth-order valence-electron chi connectivity index (χ4n) is 4.62. The number of amides is 1. The highest BCUT2D eigenvalue weighted by molar-refractivity contribution is 5.97. The van der Waals surface area contributed by atoms with E-state index < -0.39 is 0 Å². The lowest BCUT2D eigenvalue weighted by Crippen LogP contribution is -2.37. The van der Waals surface area contributed by atoms with Crippen molar-refractivity contribution in [2.24, 2.45) is 5.92 Å². The molecule has 6 rings (SSSR count). The molecule has 5 heterocycles. The second kappa shape index (κ2) is 10.2. The van der Waals surface area contributed by atoms with E-state index in [1.54, 1.807) is 30.0 Å². The molecule has 1 fully saturated rings. The Labute approximate surface area is 218 Å². The molecule has 0 spiro atoms. The number of methoxy groups -OCH3 is 1. The van der Waals surface area contributed by atoms with E-state index in [1.165, 1.54) is 0 Å². The number of carbonyl (C=O) groups excluding carboxylic acids is 1. The molecular formula is C27H27N7O4.